The number of hydrogen-bond acceptors (Lipinski definition) is 10. The summed E-state index contributed by atoms with van der Waals surface area (Å²) in [5.41, 5.74) is 4.13. The van der Waals surface area contributed by atoms with E-state index in [-0.39, 0.29) is 67.3 Å². The second-order valence-corrected chi connectivity index (χ2v) is 18.2. The van der Waals surface area contributed by atoms with Crippen molar-refractivity contribution in [1.29, 1.82) is 0 Å². The number of fused-ring (bicyclic) bond motifs is 4. The number of carbonyl (C=O) groups excluding carboxylic acids is 8. The molecular formula is C59H36N4O10. The van der Waals surface area contributed by atoms with E-state index in [1.165, 1.54) is 36.4 Å². The fraction of sp³-hybridized carbons (Fsp3) is 0.0508. The van der Waals surface area contributed by atoms with Crippen molar-refractivity contribution in [2.24, 2.45) is 0 Å². The Hall–Kier alpha value is -10.1. The van der Waals surface area contributed by atoms with E-state index in [0.29, 0.717) is 23.0 Å². The molecule has 0 atom stereocenters. The van der Waals surface area contributed by atoms with E-state index < -0.39 is 52.7 Å². The average Bonchev–Trinajstić information content (AvgIpc) is 4.01. The molecule has 0 aliphatic carbocycles. The van der Waals surface area contributed by atoms with Gasteiger partial charge >= 0.3 is 0 Å². The largest absolute Gasteiger partial charge is 0.457 e. The molecule has 14 heteroatoms. The Balaban J connectivity index is 0.699. The second-order valence-electron chi connectivity index (χ2n) is 18.2. The normalized spacial score (nSPS) is 14.8. The first-order chi connectivity index (χ1) is 35.3. The highest BCUT2D eigenvalue weighted by Crippen LogP contribution is 2.40. The van der Waals surface area contributed by atoms with Crippen molar-refractivity contribution in [2.75, 3.05) is 19.6 Å². The summed E-state index contributed by atoms with van der Waals surface area (Å²) in [6.45, 7) is 4.15. The van der Waals surface area contributed by atoms with Gasteiger partial charge in [0.05, 0.1) is 67.3 Å². The molecule has 0 aromatic heterocycles. The molecule has 0 bridgehead atoms. The molecule has 0 N–H and O–H groups in total. The number of anilines is 4. The lowest BCUT2D eigenvalue weighted by Gasteiger charge is -2.26. The Morgan fingerprint density at radius 2 is 0.534 bits per heavy atom. The fourth-order valence-electron chi connectivity index (χ4n) is 9.74. The predicted octanol–water partition coefficient (Wildman–Crippen LogP) is 10.8. The van der Waals surface area contributed by atoms with Gasteiger partial charge in [0, 0.05) is 5.41 Å². The van der Waals surface area contributed by atoms with Crippen LogP contribution in [0.1, 0.15) is 108 Å². The average molecular weight is 961 g/mol. The van der Waals surface area contributed by atoms with Crippen molar-refractivity contribution < 1.29 is 47.8 Å². The van der Waals surface area contributed by atoms with Gasteiger partial charge in [-0.05, 0) is 132 Å². The van der Waals surface area contributed by atoms with Crippen molar-refractivity contribution in [2.45, 2.75) is 19.3 Å². The number of nitrogens with zero attached hydrogens (tertiary/aromatic N) is 4. The molecule has 352 valence electrons. The molecule has 0 saturated carbocycles. The molecule has 8 aromatic carbocycles. The lowest BCUT2D eigenvalue weighted by atomic mass is 9.78. The van der Waals surface area contributed by atoms with Gasteiger partial charge in [-0.15, -0.1) is 0 Å². The number of imide groups is 4. The van der Waals surface area contributed by atoms with Crippen LogP contribution in [0.2, 0.25) is 0 Å². The maximum absolute atomic E-state index is 13.8. The standard InChI is InChI=1S/C59H36N4O10/c1-59(2,33-17-21-39(22-18-33)72-41-25-27-47-49(31-41)57(70)62(55(47)68)37-11-7-9-35(29-37)60-51(64)43-13-3-4-14-44(43)52(60)65)34-19-23-40(24-20-34)73-42-26-28-48-50(32-42)58(71)63(56(48)69)38-12-8-10-36(30-38)61-53(66)45-15-5-6-16-46(45)54(61)67/h3-32H,1-2H3. The monoisotopic (exact) mass is 960 g/mol. The lowest BCUT2D eigenvalue weighted by Crippen LogP contribution is -2.31. The van der Waals surface area contributed by atoms with Gasteiger partial charge in [-0.25, -0.2) is 19.6 Å². The topological polar surface area (TPSA) is 168 Å². The van der Waals surface area contributed by atoms with Crippen molar-refractivity contribution >= 4 is 70.0 Å². The van der Waals surface area contributed by atoms with E-state index in [1.807, 2.05) is 48.5 Å². The number of rotatable bonds is 10. The molecule has 12 rings (SSSR count). The van der Waals surface area contributed by atoms with Gasteiger partial charge in [0.25, 0.3) is 47.3 Å². The maximum atomic E-state index is 13.8. The van der Waals surface area contributed by atoms with Crippen LogP contribution in [0.4, 0.5) is 22.7 Å². The Labute approximate surface area is 415 Å². The number of hydrogen-bond donors (Lipinski definition) is 0. The zero-order valence-corrected chi connectivity index (χ0v) is 38.7. The van der Waals surface area contributed by atoms with Crippen molar-refractivity contribution in [3.8, 4) is 23.0 Å². The highest BCUT2D eigenvalue weighted by atomic mass is 16.5. The van der Waals surface area contributed by atoms with Crippen molar-refractivity contribution in [1.82, 2.24) is 0 Å². The van der Waals surface area contributed by atoms with Gasteiger partial charge < -0.3 is 9.47 Å². The predicted molar refractivity (Wildman–Crippen MR) is 268 cm³/mol. The van der Waals surface area contributed by atoms with Gasteiger partial charge in [-0.3, -0.25) is 38.4 Å². The molecule has 0 spiro atoms. The van der Waals surface area contributed by atoms with Crippen LogP contribution in [0.5, 0.6) is 23.0 Å². The van der Waals surface area contributed by atoms with Gasteiger partial charge in [0.1, 0.15) is 23.0 Å². The van der Waals surface area contributed by atoms with E-state index in [2.05, 4.69) is 13.8 Å². The first-order valence-corrected chi connectivity index (χ1v) is 23.0. The van der Waals surface area contributed by atoms with Crippen LogP contribution < -0.4 is 29.1 Å². The summed E-state index contributed by atoms with van der Waals surface area (Å²) in [6, 6.07) is 49.8. The van der Waals surface area contributed by atoms with Crippen LogP contribution in [0, 0.1) is 0 Å². The summed E-state index contributed by atoms with van der Waals surface area (Å²) < 4.78 is 12.4. The Morgan fingerprint density at radius 3 is 0.836 bits per heavy atom. The molecule has 0 unspecified atom stereocenters. The second kappa shape index (κ2) is 16.5. The third-order valence-corrected chi connectivity index (χ3v) is 13.6. The highest BCUT2D eigenvalue weighted by Gasteiger charge is 2.42. The van der Waals surface area contributed by atoms with Crippen LogP contribution in [0.3, 0.4) is 0 Å². The van der Waals surface area contributed by atoms with Crippen LogP contribution >= 0.6 is 0 Å². The van der Waals surface area contributed by atoms with Gasteiger partial charge in [0.2, 0.25) is 0 Å². The van der Waals surface area contributed by atoms with Crippen LogP contribution in [0.15, 0.2) is 182 Å². The summed E-state index contributed by atoms with van der Waals surface area (Å²) in [5.74, 6) is -2.53. The molecule has 14 nitrogen and oxygen atoms in total. The van der Waals surface area contributed by atoms with E-state index in [0.717, 1.165) is 30.7 Å². The summed E-state index contributed by atoms with van der Waals surface area (Å²) in [7, 11) is 0. The van der Waals surface area contributed by atoms with Crippen LogP contribution in [0.25, 0.3) is 0 Å². The molecule has 0 saturated heterocycles. The summed E-state index contributed by atoms with van der Waals surface area (Å²) in [4.78, 5) is 112. The van der Waals surface area contributed by atoms with Crippen LogP contribution in [-0.2, 0) is 5.41 Å². The van der Waals surface area contributed by atoms with E-state index >= 15 is 0 Å². The van der Waals surface area contributed by atoms with Gasteiger partial charge in [0.15, 0.2) is 0 Å². The molecule has 73 heavy (non-hydrogen) atoms. The third-order valence-electron chi connectivity index (χ3n) is 13.6. The number of ether oxygens (including phenoxy) is 2. The minimum Gasteiger partial charge on any atom is -0.457 e. The molecule has 4 aliphatic heterocycles. The molecule has 8 aromatic rings. The fourth-order valence-corrected chi connectivity index (χ4v) is 9.74. The van der Waals surface area contributed by atoms with E-state index in [4.69, 9.17) is 9.47 Å². The van der Waals surface area contributed by atoms with Crippen molar-refractivity contribution in [3.05, 3.63) is 238 Å². The van der Waals surface area contributed by atoms with Crippen molar-refractivity contribution in [3.63, 3.8) is 0 Å². The van der Waals surface area contributed by atoms with Crippen LogP contribution in [-0.4, -0.2) is 47.3 Å². The highest BCUT2D eigenvalue weighted by molar-refractivity contribution is 6.38. The van der Waals surface area contributed by atoms with E-state index in [9.17, 15) is 38.4 Å². The summed E-state index contributed by atoms with van der Waals surface area (Å²) in [6.07, 6.45) is 0. The molecule has 8 amide bonds. The van der Waals surface area contributed by atoms with Gasteiger partial charge in [-0.2, -0.15) is 0 Å². The molecule has 4 aliphatic rings. The number of carbonyl (C=O) groups is 8. The Morgan fingerprint density at radius 1 is 0.274 bits per heavy atom. The zero-order valence-electron chi connectivity index (χ0n) is 38.7. The quantitative estimate of drug-likeness (QED) is 0.120. The summed E-state index contributed by atoms with van der Waals surface area (Å²) >= 11 is 0. The molecule has 0 fully saturated rings. The van der Waals surface area contributed by atoms with E-state index in [1.54, 1.807) is 97.1 Å². The van der Waals surface area contributed by atoms with Gasteiger partial charge in [-0.1, -0.05) is 74.5 Å². The first kappa shape index (κ1) is 44.1. The smallest absolute Gasteiger partial charge is 0.266 e. The number of amides is 8. The molecule has 4 heterocycles. The molecular weight excluding hydrogens is 925 g/mol. The third kappa shape index (κ3) is 7.02. The SMILES string of the molecule is CC(C)(c1ccc(Oc2ccc3c(c2)C(=O)N(c2cccc(N4C(=O)c5ccccc5C4=O)c2)C3=O)cc1)c1ccc(Oc2ccc3c(c2)C(=O)N(c2cccc(N4C(=O)c5ccccc5C4=O)c2)C3=O)cc1. The minimum absolute atomic E-state index is 0.146. The Bertz CT molecular complexity index is 3490. The maximum Gasteiger partial charge on any atom is 0.266 e. The lowest BCUT2D eigenvalue weighted by molar-refractivity contribution is 0.0908. The first-order valence-electron chi connectivity index (χ1n) is 23.0. The number of benzene rings is 8. The Kier molecular flexibility index (Phi) is 9.99. The minimum atomic E-state index is -0.575. The zero-order chi connectivity index (χ0) is 50.4. The molecule has 0 radical (unpaired) electrons. The summed E-state index contributed by atoms with van der Waals surface area (Å²) in [5, 5.41) is 0.